The van der Waals surface area contributed by atoms with E-state index in [9.17, 15) is 0 Å². The van der Waals surface area contributed by atoms with Gasteiger partial charge in [-0.2, -0.15) is 0 Å². The number of nitrogens with two attached hydrogens (primary N) is 1. The standard InChI is InChI=1S/C12H19NO2S/c1-3-14-7-8-15-11-5-4-6-12(16-2)10(11)9-13/h4-6H,3,7-9,13H2,1-2H3. The van der Waals surface area contributed by atoms with E-state index in [2.05, 4.69) is 6.07 Å². The van der Waals surface area contributed by atoms with Crippen molar-refractivity contribution in [2.45, 2.75) is 18.4 Å². The fourth-order valence-electron chi connectivity index (χ4n) is 1.43. The fourth-order valence-corrected chi connectivity index (χ4v) is 2.07. The third-order valence-corrected chi connectivity index (χ3v) is 3.03. The molecule has 3 nitrogen and oxygen atoms in total. The summed E-state index contributed by atoms with van der Waals surface area (Å²) in [6, 6.07) is 6.00. The highest BCUT2D eigenvalue weighted by atomic mass is 32.2. The molecule has 0 unspecified atom stereocenters. The van der Waals surface area contributed by atoms with Crippen molar-refractivity contribution in [2.75, 3.05) is 26.1 Å². The number of hydrogen-bond donors (Lipinski definition) is 1. The average molecular weight is 241 g/mol. The largest absolute Gasteiger partial charge is 0.491 e. The summed E-state index contributed by atoms with van der Waals surface area (Å²) >= 11 is 1.69. The number of hydrogen-bond acceptors (Lipinski definition) is 4. The molecule has 0 atom stereocenters. The first-order valence-electron chi connectivity index (χ1n) is 5.40. The summed E-state index contributed by atoms with van der Waals surface area (Å²) in [4.78, 5) is 1.18. The summed E-state index contributed by atoms with van der Waals surface area (Å²) in [5.41, 5.74) is 6.81. The van der Waals surface area contributed by atoms with Crippen molar-refractivity contribution in [1.29, 1.82) is 0 Å². The molecular weight excluding hydrogens is 222 g/mol. The van der Waals surface area contributed by atoms with Crippen LogP contribution in [0.2, 0.25) is 0 Å². The van der Waals surface area contributed by atoms with Gasteiger partial charge in [0.2, 0.25) is 0 Å². The van der Waals surface area contributed by atoms with Crippen LogP contribution in [0.5, 0.6) is 5.75 Å². The van der Waals surface area contributed by atoms with Crippen molar-refractivity contribution < 1.29 is 9.47 Å². The zero-order valence-corrected chi connectivity index (χ0v) is 10.7. The lowest BCUT2D eigenvalue weighted by atomic mass is 10.2. The first-order chi connectivity index (χ1) is 7.83. The van der Waals surface area contributed by atoms with Crippen LogP contribution in [0.4, 0.5) is 0 Å². The van der Waals surface area contributed by atoms with Gasteiger partial charge >= 0.3 is 0 Å². The van der Waals surface area contributed by atoms with Crippen LogP contribution >= 0.6 is 11.8 Å². The minimum absolute atomic E-state index is 0.501. The minimum Gasteiger partial charge on any atom is -0.491 e. The zero-order valence-electron chi connectivity index (χ0n) is 9.86. The van der Waals surface area contributed by atoms with E-state index in [0.717, 1.165) is 17.9 Å². The lowest BCUT2D eigenvalue weighted by Gasteiger charge is -2.13. The summed E-state index contributed by atoms with van der Waals surface area (Å²) in [5, 5.41) is 0. The van der Waals surface area contributed by atoms with Gasteiger partial charge in [0.05, 0.1) is 6.61 Å². The van der Waals surface area contributed by atoms with Gasteiger partial charge in [-0.05, 0) is 25.3 Å². The topological polar surface area (TPSA) is 44.5 Å². The van der Waals surface area contributed by atoms with Gasteiger partial charge in [-0.25, -0.2) is 0 Å². The summed E-state index contributed by atoms with van der Waals surface area (Å²) in [5.74, 6) is 0.869. The van der Waals surface area contributed by atoms with E-state index >= 15 is 0 Å². The molecule has 0 saturated heterocycles. The highest BCUT2D eigenvalue weighted by molar-refractivity contribution is 7.98. The Kier molecular flexibility index (Phi) is 6.30. The van der Waals surface area contributed by atoms with Crippen molar-refractivity contribution in [1.82, 2.24) is 0 Å². The Morgan fingerprint density at radius 3 is 2.75 bits per heavy atom. The number of benzene rings is 1. The first kappa shape index (κ1) is 13.4. The highest BCUT2D eigenvalue weighted by Gasteiger charge is 2.06. The summed E-state index contributed by atoms with van der Waals surface area (Å²) < 4.78 is 10.9. The summed E-state index contributed by atoms with van der Waals surface area (Å²) in [6.07, 6.45) is 2.04. The molecule has 0 bridgehead atoms. The fraction of sp³-hybridized carbons (Fsp3) is 0.500. The molecule has 2 N–H and O–H groups in total. The third kappa shape index (κ3) is 3.70. The quantitative estimate of drug-likeness (QED) is 0.587. The van der Waals surface area contributed by atoms with Gasteiger partial charge in [-0.3, -0.25) is 0 Å². The van der Waals surface area contributed by atoms with Crippen molar-refractivity contribution in [3.63, 3.8) is 0 Å². The zero-order chi connectivity index (χ0) is 11.8. The molecule has 0 heterocycles. The molecule has 0 aliphatic carbocycles. The van der Waals surface area contributed by atoms with Crippen molar-refractivity contribution in [3.8, 4) is 5.75 Å². The van der Waals surface area contributed by atoms with E-state index < -0.39 is 0 Å². The van der Waals surface area contributed by atoms with Crippen LogP contribution in [-0.2, 0) is 11.3 Å². The molecule has 90 valence electrons. The van der Waals surface area contributed by atoms with Crippen molar-refractivity contribution >= 4 is 11.8 Å². The summed E-state index contributed by atoms with van der Waals surface area (Å²) in [6.45, 7) is 4.38. The first-order valence-corrected chi connectivity index (χ1v) is 6.62. The molecule has 0 spiro atoms. The van der Waals surface area contributed by atoms with Crippen LogP contribution in [0.3, 0.4) is 0 Å². The number of rotatable bonds is 7. The molecule has 4 heteroatoms. The summed E-state index contributed by atoms with van der Waals surface area (Å²) in [7, 11) is 0. The molecule has 0 aliphatic heterocycles. The van der Waals surface area contributed by atoms with Gasteiger partial charge in [0.15, 0.2) is 0 Å². The van der Waals surface area contributed by atoms with Gasteiger partial charge in [-0.15, -0.1) is 11.8 Å². The maximum atomic E-state index is 5.73. The van der Waals surface area contributed by atoms with E-state index in [0.29, 0.717) is 19.8 Å². The lowest BCUT2D eigenvalue weighted by Crippen LogP contribution is -2.09. The smallest absolute Gasteiger partial charge is 0.125 e. The van der Waals surface area contributed by atoms with Gasteiger partial charge in [0.1, 0.15) is 12.4 Å². The Morgan fingerprint density at radius 2 is 2.12 bits per heavy atom. The van der Waals surface area contributed by atoms with Crippen LogP contribution in [0.1, 0.15) is 12.5 Å². The van der Waals surface area contributed by atoms with Gasteiger partial charge in [0, 0.05) is 23.6 Å². The molecular formula is C12H19NO2S. The Labute approximate surface area is 101 Å². The average Bonchev–Trinajstić information content (AvgIpc) is 2.34. The maximum absolute atomic E-state index is 5.73. The number of thioether (sulfide) groups is 1. The molecule has 0 aliphatic rings. The molecule has 0 radical (unpaired) electrons. The molecule has 1 aromatic rings. The van der Waals surface area contributed by atoms with E-state index in [1.165, 1.54) is 4.90 Å². The number of ether oxygens (including phenoxy) is 2. The SMILES string of the molecule is CCOCCOc1cccc(SC)c1CN. The molecule has 16 heavy (non-hydrogen) atoms. The molecule has 0 amide bonds. The predicted octanol–water partition coefficient (Wildman–Crippen LogP) is 2.28. The lowest BCUT2D eigenvalue weighted by molar-refractivity contribution is 0.109. The van der Waals surface area contributed by atoms with Crippen LogP contribution in [0.15, 0.2) is 23.1 Å². The second kappa shape index (κ2) is 7.54. The predicted molar refractivity (Wildman–Crippen MR) is 68.1 cm³/mol. The maximum Gasteiger partial charge on any atom is 0.125 e. The van der Waals surface area contributed by atoms with Gasteiger partial charge in [0.25, 0.3) is 0 Å². The highest BCUT2D eigenvalue weighted by Crippen LogP contribution is 2.28. The monoisotopic (exact) mass is 241 g/mol. The van der Waals surface area contributed by atoms with Crippen LogP contribution in [0, 0.1) is 0 Å². The van der Waals surface area contributed by atoms with E-state index in [-0.39, 0.29) is 0 Å². The van der Waals surface area contributed by atoms with Crippen molar-refractivity contribution in [3.05, 3.63) is 23.8 Å². The second-order valence-corrected chi connectivity index (χ2v) is 4.03. The Bertz CT molecular complexity index is 318. The molecule has 1 aromatic carbocycles. The van der Waals surface area contributed by atoms with Crippen molar-refractivity contribution in [2.24, 2.45) is 5.73 Å². The minimum atomic E-state index is 0.501. The van der Waals surface area contributed by atoms with E-state index in [1.54, 1.807) is 11.8 Å². The van der Waals surface area contributed by atoms with E-state index in [1.807, 2.05) is 25.3 Å². The van der Waals surface area contributed by atoms with Gasteiger partial charge in [-0.1, -0.05) is 6.07 Å². The molecule has 0 saturated carbocycles. The van der Waals surface area contributed by atoms with Crippen LogP contribution < -0.4 is 10.5 Å². The third-order valence-electron chi connectivity index (χ3n) is 2.20. The molecule has 1 rings (SSSR count). The normalized spacial score (nSPS) is 10.4. The Morgan fingerprint density at radius 1 is 1.31 bits per heavy atom. The van der Waals surface area contributed by atoms with Gasteiger partial charge < -0.3 is 15.2 Å². The molecule has 0 aromatic heterocycles. The Balaban J connectivity index is 2.63. The van der Waals surface area contributed by atoms with Crippen LogP contribution in [0.25, 0.3) is 0 Å². The Hall–Kier alpha value is -0.710. The van der Waals surface area contributed by atoms with E-state index in [4.69, 9.17) is 15.2 Å². The molecule has 0 fully saturated rings. The van der Waals surface area contributed by atoms with Crippen LogP contribution in [-0.4, -0.2) is 26.1 Å². The second-order valence-electron chi connectivity index (χ2n) is 3.19.